The number of rotatable bonds is 5. The summed E-state index contributed by atoms with van der Waals surface area (Å²) in [4.78, 5) is 13.4. The monoisotopic (exact) mass is 385 g/mol. The van der Waals surface area contributed by atoms with Crippen molar-refractivity contribution in [1.29, 1.82) is 5.26 Å². The Morgan fingerprint density at radius 1 is 1.32 bits per heavy atom. The van der Waals surface area contributed by atoms with Crippen LogP contribution in [0.4, 0.5) is 5.69 Å². The fraction of sp³-hybridized carbons (Fsp3) is 0.556. The van der Waals surface area contributed by atoms with Crippen LogP contribution in [0.15, 0.2) is 22.2 Å². The van der Waals surface area contributed by atoms with Crippen molar-refractivity contribution in [3.63, 3.8) is 0 Å². The molecule has 0 aliphatic carbocycles. The van der Waals surface area contributed by atoms with Crippen molar-refractivity contribution < 1.29 is 4.74 Å². The highest BCUT2D eigenvalue weighted by Crippen LogP contribution is 2.23. The van der Waals surface area contributed by atoms with Crippen LogP contribution in [0.5, 0.6) is 5.75 Å². The molecule has 3 heterocycles. The highest BCUT2D eigenvalue weighted by Gasteiger charge is 2.18. The Morgan fingerprint density at radius 3 is 2.93 bits per heavy atom. The maximum atomic E-state index is 9.36. The summed E-state index contributed by atoms with van der Waals surface area (Å²) in [6.45, 7) is 1.76. The van der Waals surface area contributed by atoms with Gasteiger partial charge in [-0.2, -0.15) is 5.26 Å². The second kappa shape index (κ2) is 9.98. The van der Waals surface area contributed by atoms with Gasteiger partial charge in [0.25, 0.3) is 0 Å². The van der Waals surface area contributed by atoms with E-state index in [1.807, 2.05) is 14.1 Å². The molecule has 2 aliphatic rings. The van der Waals surface area contributed by atoms with E-state index in [0.717, 1.165) is 44.6 Å². The van der Waals surface area contributed by atoms with Crippen LogP contribution in [0.1, 0.15) is 31.4 Å². The van der Waals surface area contributed by atoms with Gasteiger partial charge in [0.2, 0.25) is 5.96 Å². The summed E-state index contributed by atoms with van der Waals surface area (Å²) in [6.07, 6.45) is 5.10. The molecule has 0 aromatic carbocycles. The fourth-order valence-corrected chi connectivity index (χ4v) is 3.13. The Bertz CT molecular complexity index is 765. The molecule has 28 heavy (non-hydrogen) atoms. The van der Waals surface area contributed by atoms with Crippen LogP contribution in [-0.4, -0.2) is 56.2 Å². The Morgan fingerprint density at radius 2 is 2.21 bits per heavy atom. The number of hydrogen-bond donors (Lipinski definition) is 5. The summed E-state index contributed by atoms with van der Waals surface area (Å²) >= 11 is 0. The molecule has 2 atom stereocenters. The van der Waals surface area contributed by atoms with Crippen LogP contribution < -0.4 is 31.5 Å². The average Bonchev–Trinajstić information content (AvgIpc) is 2.91. The number of ether oxygens (including phenoxy) is 1. The molecule has 0 amide bonds. The van der Waals surface area contributed by atoms with Crippen LogP contribution >= 0.6 is 0 Å². The second-order valence-corrected chi connectivity index (χ2v) is 6.60. The van der Waals surface area contributed by atoms with Gasteiger partial charge < -0.3 is 20.7 Å². The van der Waals surface area contributed by atoms with Gasteiger partial charge in [0.15, 0.2) is 11.4 Å². The minimum atomic E-state index is -0.113. The molecule has 0 radical (unpaired) electrons. The second-order valence-electron chi connectivity index (χ2n) is 6.60. The summed E-state index contributed by atoms with van der Waals surface area (Å²) in [7, 11) is 3.65. The van der Waals surface area contributed by atoms with E-state index >= 15 is 0 Å². The van der Waals surface area contributed by atoms with Gasteiger partial charge >= 0.3 is 0 Å². The third-order valence-corrected chi connectivity index (χ3v) is 4.53. The van der Waals surface area contributed by atoms with Crippen molar-refractivity contribution in [3.8, 4) is 11.8 Å². The Hall–Kier alpha value is -2.74. The van der Waals surface area contributed by atoms with E-state index in [-0.39, 0.29) is 18.0 Å². The van der Waals surface area contributed by atoms with Crippen molar-refractivity contribution >= 4 is 17.5 Å². The van der Waals surface area contributed by atoms with E-state index in [9.17, 15) is 5.26 Å². The highest BCUT2D eigenvalue weighted by molar-refractivity contribution is 6.03. The number of nitriles is 1. The standard InChI is InChI=1S/C18H27N9O/c1-20-16-5-6-17(27-21-2)26-18(25-16)24-12-8-15(14(9-19)23-10-12)28-13-4-3-7-22-11-13/h8,10,13,17,21-22,27H,3-7,11H2,1-2H3,(H2,20,24,25,26). The lowest BCUT2D eigenvalue weighted by Crippen LogP contribution is -2.37. The number of guanidine groups is 1. The Kier molecular flexibility index (Phi) is 7.13. The molecule has 1 aromatic heterocycles. The molecule has 1 saturated heterocycles. The first-order valence-electron chi connectivity index (χ1n) is 9.51. The highest BCUT2D eigenvalue weighted by atomic mass is 16.5. The van der Waals surface area contributed by atoms with E-state index in [1.165, 1.54) is 0 Å². The van der Waals surface area contributed by atoms with Crippen LogP contribution in [0.3, 0.4) is 0 Å². The number of hydrazine groups is 1. The number of anilines is 1. The van der Waals surface area contributed by atoms with Crippen LogP contribution in [0, 0.1) is 11.3 Å². The molecular formula is C18H27N9O. The first-order chi connectivity index (χ1) is 13.7. The van der Waals surface area contributed by atoms with Crippen molar-refractivity contribution in [2.24, 2.45) is 9.98 Å². The number of nitrogens with one attached hydrogen (secondary N) is 5. The van der Waals surface area contributed by atoms with Gasteiger partial charge in [0.05, 0.1) is 11.9 Å². The molecule has 0 saturated carbocycles. The quantitative estimate of drug-likeness (QED) is 0.458. The van der Waals surface area contributed by atoms with Gasteiger partial charge in [-0.3, -0.25) is 5.43 Å². The van der Waals surface area contributed by atoms with E-state index in [4.69, 9.17) is 4.74 Å². The van der Waals surface area contributed by atoms with Crippen LogP contribution in [0.25, 0.3) is 0 Å². The van der Waals surface area contributed by atoms with E-state index in [0.29, 0.717) is 17.4 Å². The summed E-state index contributed by atoms with van der Waals surface area (Å²) in [6, 6.07) is 3.88. The zero-order valence-corrected chi connectivity index (χ0v) is 16.2. The zero-order valence-electron chi connectivity index (χ0n) is 16.2. The molecule has 10 nitrogen and oxygen atoms in total. The van der Waals surface area contributed by atoms with Gasteiger partial charge in [-0.15, -0.1) is 0 Å². The molecule has 150 valence electrons. The number of amidine groups is 1. The van der Waals surface area contributed by atoms with E-state index in [2.05, 4.69) is 47.8 Å². The summed E-state index contributed by atoms with van der Waals surface area (Å²) < 4.78 is 6.04. The number of pyridine rings is 1. The maximum absolute atomic E-state index is 9.36. The average molecular weight is 385 g/mol. The van der Waals surface area contributed by atoms with Gasteiger partial charge in [-0.05, 0) is 32.9 Å². The van der Waals surface area contributed by atoms with Crippen molar-refractivity contribution in [2.45, 2.75) is 38.0 Å². The van der Waals surface area contributed by atoms with Crippen LogP contribution in [-0.2, 0) is 0 Å². The van der Waals surface area contributed by atoms with Gasteiger partial charge in [-0.1, -0.05) is 0 Å². The molecule has 10 heteroatoms. The van der Waals surface area contributed by atoms with E-state index < -0.39 is 0 Å². The Balaban J connectivity index is 1.79. The lowest BCUT2D eigenvalue weighted by molar-refractivity contribution is 0.166. The first-order valence-corrected chi connectivity index (χ1v) is 9.51. The van der Waals surface area contributed by atoms with Crippen molar-refractivity contribution in [3.05, 3.63) is 18.0 Å². The maximum Gasteiger partial charge on any atom is 0.225 e. The van der Waals surface area contributed by atoms with Gasteiger partial charge in [-0.25, -0.2) is 20.4 Å². The molecule has 1 aromatic rings. The van der Waals surface area contributed by atoms with Gasteiger partial charge in [0, 0.05) is 26.1 Å². The molecule has 1 fully saturated rings. The van der Waals surface area contributed by atoms with Crippen molar-refractivity contribution in [1.82, 2.24) is 26.5 Å². The third-order valence-electron chi connectivity index (χ3n) is 4.53. The minimum absolute atomic E-state index is 0.0336. The largest absolute Gasteiger partial charge is 0.486 e. The number of nitrogens with zero attached hydrogens (tertiary/aromatic N) is 4. The normalized spacial score (nSPS) is 22.3. The van der Waals surface area contributed by atoms with Crippen molar-refractivity contribution in [2.75, 3.05) is 32.5 Å². The molecule has 3 rings (SSSR count). The topological polar surface area (TPSA) is 131 Å². The molecule has 2 unspecified atom stereocenters. The SMILES string of the molecule is CNNC1CCC(NC)=NC(Nc2cnc(C#N)c(OC3CCCNC3)c2)=N1. The third kappa shape index (κ3) is 5.39. The lowest BCUT2D eigenvalue weighted by atomic mass is 10.1. The number of aliphatic imine (C=N–C) groups is 2. The smallest absolute Gasteiger partial charge is 0.225 e. The summed E-state index contributed by atoms with van der Waals surface area (Å²) in [5, 5.41) is 19.0. The van der Waals surface area contributed by atoms with Gasteiger partial charge in [0.1, 0.15) is 24.2 Å². The number of piperidine rings is 1. The van der Waals surface area contributed by atoms with E-state index in [1.54, 1.807) is 12.3 Å². The number of aromatic nitrogens is 1. The molecular weight excluding hydrogens is 358 g/mol. The first kappa shape index (κ1) is 20.0. The molecule has 5 N–H and O–H groups in total. The number of hydrogen-bond acceptors (Lipinski definition) is 10. The zero-order chi connectivity index (χ0) is 19.8. The Labute approximate surface area is 164 Å². The predicted octanol–water partition coefficient (Wildman–Crippen LogP) is 0.314. The fourth-order valence-electron chi connectivity index (χ4n) is 3.13. The summed E-state index contributed by atoms with van der Waals surface area (Å²) in [5.74, 6) is 1.78. The van der Waals surface area contributed by atoms with Crippen LogP contribution in [0.2, 0.25) is 0 Å². The molecule has 0 spiro atoms. The minimum Gasteiger partial charge on any atom is -0.486 e. The molecule has 2 aliphatic heterocycles. The lowest BCUT2D eigenvalue weighted by Gasteiger charge is -2.24. The predicted molar refractivity (Wildman–Crippen MR) is 108 cm³/mol. The molecule has 0 bridgehead atoms. The summed E-state index contributed by atoms with van der Waals surface area (Å²) in [5.41, 5.74) is 6.96.